The third-order valence-electron chi connectivity index (χ3n) is 27.5. The molecule has 8 heterocycles. The number of hydrogen-bond donors (Lipinski definition) is 4. The number of nitrogens with zero attached hydrogens (tertiary/aromatic N) is 10. The summed E-state index contributed by atoms with van der Waals surface area (Å²) in [5.74, 6) is -0.570. The van der Waals surface area contributed by atoms with Crippen LogP contribution in [0.4, 0.5) is 26.3 Å². The molecule has 0 aliphatic heterocycles. The maximum Gasteiger partial charge on any atom is 0.212 e. The third kappa shape index (κ3) is 16.0. The largest absolute Gasteiger partial charge is 0.388 e. The number of fused-ring (bicyclic) bond motifs is 8. The van der Waals surface area contributed by atoms with Crippen LogP contribution in [0.25, 0.3) is 47.1 Å². The molecule has 0 amide bonds. The Bertz CT molecular complexity index is 5330. The first kappa shape index (κ1) is 80.2. The SMILES string of the molecule is C[C@]12Cc3cnn(-c4ccc(F)cc4)c3C=C1CCC[C@@H]2C[C@@H](O)c1ccsc1.C[C@]12Cc3cnn(-c4ccc(F)cc4)c3C=C1CCC[C@@H]2C[C@H](O)c1ccsc1.C[C@]12Cc3cnn(-c4ccc(F)cc4)c3C=C1CC[C@@H]2C[C@@H](O)c1ccc(F)nc1.C[C@]12Cc3cnn(-c4ccc(F)cc4)c3C=C1CC[C@@H]2C[C@H](O)c1ccc(F)nc1. The second-order valence-electron chi connectivity index (χ2n) is 34.4. The van der Waals surface area contributed by atoms with Crippen molar-refractivity contribution >= 4 is 47.0 Å². The van der Waals surface area contributed by atoms with Gasteiger partial charge in [0.2, 0.25) is 11.9 Å². The van der Waals surface area contributed by atoms with E-state index in [0.717, 1.165) is 171 Å². The van der Waals surface area contributed by atoms with Crippen molar-refractivity contribution in [3.63, 3.8) is 0 Å². The normalized spacial score (nSPS) is 24.1. The number of benzene rings is 4. The molecule has 12 aromatic rings. The summed E-state index contributed by atoms with van der Waals surface area (Å²) in [4.78, 5) is 7.34. The molecule has 4 aromatic carbocycles. The summed E-state index contributed by atoms with van der Waals surface area (Å²) in [6.45, 7) is 9.26. The summed E-state index contributed by atoms with van der Waals surface area (Å²) in [5.41, 5.74) is 21.6. The molecular formula is C96H96F6N10O4S2. The van der Waals surface area contributed by atoms with Crippen molar-refractivity contribution in [3.05, 3.63) is 317 Å². The monoisotopic (exact) mass is 1630 g/mol. The fourth-order valence-electron chi connectivity index (χ4n) is 20.5. The fraction of sp³-hybridized carbons (Fsp3) is 0.354. The molecule has 8 aromatic heterocycles. The second kappa shape index (κ2) is 33.2. The Morgan fingerprint density at radius 1 is 0.339 bits per heavy atom. The van der Waals surface area contributed by atoms with Gasteiger partial charge in [-0.3, -0.25) is 0 Å². The highest BCUT2D eigenvalue weighted by Gasteiger charge is 2.50. The smallest absolute Gasteiger partial charge is 0.212 e. The molecule has 4 saturated carbocycles. The lowest BCUT2D eigenvalue weighted by atomic mass is 9.58. The summed E-state index contributed by atoms with van der Waals surface area (Å²) in [6, 6.07) is 35.6. The molecule has 608 valence electrons. The number of aliphatic hydroxyl groups excluding tert-OH is 4. The Labute approximate surface area is 691 Å². The molecule has 8 aliphatic rings. The predicted molar refractivity (Wildman–Crippen MR) is 449 cm³/mol. The van der Waals surface area contributed by atoms with Crippen LogP contribution in [0.1, 0.15) is 209 Å². The van der Waals surface area contributed by atoms with Gasteiger partial charge in [0, 0.05) is 12.4 Å². The fourth-order valence-corrected chi connectivity index (χ4v) is 22.0. The molecule has 22 heteroatoms. The molecule has 0 unspecified atom stereocenters. The Balaban J connectivity index is 0.000000113. The van der Waals surface area contributed by atoms with Crippen LogP contribution in [0.5, 0.6) is 0 Å². The van der Waals surface area contributed by atoms with Crippen molar-refractivity contribution in [3.8, 4) is 22.7 Å². The molecule has 4 fully saturated rings. The van der Waals surface area contributed by atoms with Crippen molar-refractivity contribution in [2.75, 3.05) is 0 Å². The number of rotatable bonds is 16. The lowest BCUT2D eigenvalue weighted by Gasteiger charge is -2.46. The molecule has 118 heavy (non-hydrogen) atoms. The van der Waals surface area contributed by atoms with Crippen LogP contribution < -0.4 is 0 Å². The topological polar surface area (TPSA) is 178 Å². The van der Waals surface area contributed by atoms with Gasteiger partial charge < -0.3 is 20.4 Å². The van der Waals surface area contributed by atoms with E-state index < -0.39 is 36.3 Å². The quantitative estimate of drug-likeness (QED) is 0.0538. The molecule has 0 spiro atoms. The summed E-state index contributed by atoms with van der Waals surface area (Å²) in [5, 5.41) is 69.5. The number of thiophene rings is 2. The van der Waals surface area contributed by atoms with Crippen LogP contribution in [0, 0.1) is 80.5 Å². The minimum atomic E-state index is -0.664. The zero-order valence-corrected chi connectivity index (χ0v) is 68.1. The van der Waals surface area contributed by atoms with Crippen molar-refractivity contribution in [2.45, 2.75) is 168 Å². The number of aliphatic hydroxyl groups is 4. The molecule has 20 rings (SSSR count). The Morgan fingerprint density at radius 3 is 0.873 bits per heavy atom. The zero-order valence-electron chi connectivity index (χ0n) is 66.5. The number of halogens is 6. The lowest BCUT2D eigenvalue weighted by Crippen LogP contribution is -2.38. The average Bonchev–Trinajstić information content (AvgIpc) is 1.55. The molecule has 0 bridgehead atoms. The van der Waals surface area contributed by atoms with E-state index in [4.69, 9.17) is 0 Å². The molecule has 12 atom stereocenters. The van der Waals surface area contributed by atoms with E-state index in [0.29, 0.717) is 47.6 Å². The van der Waals surface area contributed by atoms with Gasteiger partial charge in [-0.2, -0.15) is 51.8 Å². The van der Waals surface area contributed by atoms with Gasteiger partial charge in [-0.1, -0.05) is 62.1 Å². The van der Waals surface area contributed by atoms with Crippen LogP contribution in [0.2, 0.25) is 0 Å². The van der Waals surface area contributed by atoms with Gasteiger partial charge in [-0.25, -0.2) is 46.3 Å². The second-order valence-corrected chi connectivity index (χ2v) is 36.0. The van der Waals surface area contributed by atoms with E-state index in [1.54, 1.807) is 83.3 Å². The van der Waals surface area contributed by atoms with Gasteiger partial charge in [-0.15, -0.1) is 0 Å². The summed E-state index contributed by atoms with van der Waals surface area (Å²) < 4.78 is 87.0. The molecule has 14 nitrogen and oxygen atoms in total. The highest BCUT2D eigenvalue weighted by atomic mass is 32.1. The average molecular weight is 1630 g/mol. The molecule has 0 saturated heterocycles. The van der Waals surface area contributed by atoms with E-state index in [2.05, 4.69) is 93.1 Å². The van der Waals surface area contributed by atoms with Crippen molar-refractivity contribution < 1.29 is 46.8 Å². The van der Waals surface area contributed by atoms with Crippen molar-refractivity contribution in [1.82, 2.24) is 49.1 Å². The highest BCUT2D eigenvalue weighted by Crippen LogP contribution is 2.59. The molecule has 0 radical (unpaired) electrons. The minimum absolute atomic E-state index is 0.0436. The molecule has 8 aliphatic carbocycles. The minimum Gasteiger partial charge on any atom is -0.388 e. The van der Waals surface area contributed by atoms with Crippen LogP contribution in [-0.4, -0.2) is 69.5 Å². The standard InChI is InChI=1S/2C24H23F2N3O.2C24H25FN2OS/c2*1-24-12-16-14-28-29(20-7-5-19(25)6-8-20)21(16)10-17(24)3-4-18(24)11-22(30)15-2-9-23(26)27-13-15;2*1-24-13-17-14-26-27(21-7-5-20(25)6-8-21)22(17)11-18(24)3-2-4-19(24)12-23(28)16-9-10-29-15-16/h2*2,5-10,13-14,18,22,30H,3-4,11-12H2,1H3;2*5-11,14-15,19,23,28H,2-4,12-13H2,1H3/t18-,22+,24+;18-,22-,24+;19-,23+,24+;19-,23-,24+/m1111/s1. The first-order chi connectivity index (χ1) is 57.0. The number of pyridine rings is 2. The zero-order chi connectivity index (χ0) is 81.8. The van der Waals surface area contributed by atoms with Gasteiger partial charge in [0.15, 0.2) is 0 Å². The van der Waals surface area contributed by atoms with E-state index in [1.165, 1.54) is 106 Å². The lowest BCUT2D eigenvalue weighted by molar-refractivity contribution is 0.0835. The Hall–Kier alpha value is -10.2. The van der Waals surface area contributed by atoms with E-state index >= 15 is 0 Å². The summed E-state index contributed by atoms with van der Waals surface area (Å²) in [7, 11) is 0. The number of hydrogen-bond acceptors (Lipinski definition) is 12. The maximum atomic E-state index is 13.3. The van der Waals surface area contributed by atoms with Crippen molar-refractivity contribution in [2.24, 2.45) is 45.3 Å². The summed E-state index contributed by atoms with van der Waals surface area (Å²) >= 11 is 3.28. The number of allylic oxidation sites excluding steroid dienone is 4. The highest BCUT2D eigenvalue weighted by molar-refractivity contribution is 7.08. The van der Waals surface area contributed by atoms with E-state index in [1.807, 2.05) is 66.4 Å². The van der Waals surface area contributed by atoms with Crippen LogP contribution in [0.15, 0.2) is 214 Å². The van der Waals surface area contributed by atoms with Crippen LogP contribution in [-0.2, 0) is 25.7 Å². The Morgan fingerprint density at radius 2 is 0.610 bits per heavy atom. The van der Waals surface area contributed by atoms with E-state index in [-0.39, 0.29) is 44.9 Å². The predicted octanol–water partition coefficient (Wildman–Crippen LogP) is 21.9. The maximum absolute atomic E-state index is 13.3. The van der Waals surface area contributed by atoms with Gasteiger partial charge >= 0.3 is 0 Å². The molecule has 4 N–H and O–H groups in total. The third-order valence-corrected chi connectivity index (χ3v) is 28.9. The van der Waals surface area contributed by atoms with Gasteiger partial charge in [0.25, 0.3) is 0 Å². The van der Waals surface area contributed by atoms with Gasteiger partial charge in [-0.05, 0) is 373 Å². The van der Waals surface area contributed by atoms with Crippen molar-refractivity contribution in [1.29, 1.82) is 0 Å². The van der Waals surface area contributed by atoms with E-state index in [9.17, 15) is 46.8 Å². The number of aromatic nitrogens is 10. The first-order valence-corrected chi connectivity index (χ1v) is 43.0. The van der Waals surface area contributed by atoms with Gasteiger partial charge in [0.05, 0.1) is 94.7 Å². The molecular weight excluding hydrogens is 1540 g/mol. The van der Waals surface area contributed by atoms with Crippen LogP contribution >= 0.6 is 22.7 Å². The van der Waals surface area contributed by atoms with Gasteiger partial charge in [0.1, 0.15) is 23.3 Å². The van der Waals surface area contributed by atoms with Crippen LogP contribution in [0.3, 0.4) is 0 Å². The first-order valence-electron chi connectivity index (χ1n) is 41.1. The summed E-state index contributed by atoms with van der Waals surface area (Å²) in [6.07, 6.45) is 34.6. The Kier molecular flexibility index (Phi) is 22.6.